The Bertz CT molecular complexity index is 381. The van der Waals surface area contributed by atoms with Gasteiger partial charge in [-0.1, -0.05) is 19.1 Å². The van der Waals surface area contributed by atoms with Gasteiger partial charge in [0.05, 0.1) is 6.61 Å². The van der Waals surface area contributed by atoms with Crippen LogP contribution in [0.4, 0.5) is 0 Å². The van der Waals surface area contributed by atoms with Gasteiger partial charge in [-0.05, 0) is 49.4 Å². The van der Waals surface area contributed by atoms with E-state index in [9.17, 15) is 5.11 Å². The maximum absolute atomic E-state index is 9.27. The van der Waals surface area contributed by atoms with Crippen molar-refractivity contribution in [2.45, 2.75) is 32.7 Å². The van der Waals surface area contributed by atoms with Crippen molar-refractivity contribution in [3.63, 3.8) is 0 Å². The lowest BCUT2D eigenvalue weighted by Crippen LogP contribution is -2.36. The summed E-state index contributed by atoms with van der Waals surface area (Å²) < 4.78 is 5.67. The molecule has 0 bridgehead atoms. The third kappa shape index (κ3) is 4.51. The summed E-state index contributed by atoms with van der Waals surface area (Å²) in [6, 6.07) is 8.37. The number of rotatable bonds is 6. The van der Waals surface area contributed by atoms with Crippen LogP contribution in [0.1, 0.15) is 31.7 Å². The molecule has 1 fully saturated rings. The van der Waals surface area contributed by atoms with E-state index >= 15 is 0 Å². The van der Waals surface area contributed by atoms with Crippen LogP contribution in [0.5, 0.6) is 5.75 Å². The van der Waals surface area contributed by atoms with Crippen LogP contribution < -0.4 is 4.74 Å². The van der Waals surface area contributed by atoms with Crippen LogP contribution >= 0.6 is 0 Å². The first kappa shape index (κ1) is 14.4. The topological polar surface area (TPSA) is 32.7 Å². The SMILES string of the molecule is CCCOc1cccc(CN2CCCC(CO)C2)c1. The second-order valence-electron chi connectivity index (χ2n) is 5.42. The summed E-state index contributed by atoms with van der Waals surface area (Å²) in [7, 11) is 0. The summed E-state index contributed by atoms with van der Waals surface area (Å²) in [5, 5.41) is 9.27. The van der Waals surface area contributed by atoms with Gasteiger partial charge >= 0.3 is 0 Å². The molecule has 1 aliphatic heterocycles. The standard InChI is InChI=1S/C16H25NO2/c1-2-9-19-16-7-3-5-14(10-16)11-17-8-4-6-15(12-17)13-18/h3,5,7,10,15,18H,2,4,6,8-9,11-13H2,1H3. The highest BCUT2D eigenvalue weighted by atomic mass is 16.5. The Hall–Kier alpha value is -1.06. The molecule has 1 N–H and O–H groups in total. The van der Waals surface area contributed by atoms with Gasteiger partial charge in [-0.2, -0.15) is 0 Å². The van der Waals surface area contributed by atoms with Crippen molar-refractivity contribution < 1.29 is 9.84 Å². The van der Waals surface area contributed by atoms with Crippen LogP contribution in [0, 0.1) is 5.92 Å². The minimum absolute atomic E-state index is 0.316. The Morgan fingerprint density at radius 1 is 1.42 bits per heavy atom. The lowest BCUT2D eigenvalue weighted by molar-refractivity contribution is 0.116. The van der Waals surface area contributed by atoms with Gasteiger partial charge < -0.3 is 9.84 Å². The van der Waals surface area contributed by atoms with Crippen LogP contribution in [0.3, 0.4) is 0 Å². The van der Waals surface area contributed by atoms with Gasteiger partial charge in [-0.15, -0.1) is 0 Å². The summed E-state index contributed by atoms with van der Waals surface area (Å²) in [6.45, 7) is 6.31. The second-order valence-corrected chi connectivity index (χ2v) is 5.42. The minimum atomic E-state index is 0.316. The highest BCUT2D eigenvalue weighted by molar-refractivity contribution is 5.28. The Balaban J connectivity index is 1.90. The first-order chi connectivity index (χ1) is 9.31. The number of piperidine rings is 1. The summed E-state index contributed by atoms with van der Waals surface area (Å²) in [5.74, 6) is 1.42. The van der Waals surface area contributed by atoms with E-state index in [1.165, 1.54) is 12.0 Å². The fourth-order valence-electron chi connectivity index (χ4n) is 2.66. The van der Waals surface area contributed by atoms with Crippen LogP contribution in [-0.4, -0.2) is 36.3 Å². The van der Waals surface area contributed by atoms with Gasteiger partial charge in [-0.25, -0.2) is 0 Å². The largest absolute Gasteiger partial charge is 0.494 e. The van der Waals surface area contributed by atoms with Crippen LogP contribution in [-0.2, 0) is 6.54 Å². The molecular formula is C16H25NO2. The van der Waals surface area contributed by atoms with E-state index in [-0.39, 0.29) is 0 Å². The molecule has 1 saturated heterocycles. The van der Waals surface area contributed by atoms with E-state index in [4.69, 9.17) is 4.74 Å². The third-order valence-corrected chi connectivity index (χ3v) is 3.64. The Morgan fingerprint density at radius 2 is 2.32 bits per heavy atom. The Morgan fingerprint density at radius 3 is 3.11 bits per heavy atom. The number of hydrogen-bond donors (Lipinski definition) is 1. The number of aliphatic hydroxyl groups is 1. The zero-order chi connectivity index (χ0) is 13.5. The van der Waals surface area contributed by atoms with E-state index in [1.807, 2.05) is 6.07 Å². The zero-order valence-electron chi connectivity index (χ0n) is 11.8. The normalized spacial score (nSPS) is 20.4. The van der Waals surface area contributed by atoms with Gasteiger partial charge in [0.25, 0.3) is 0 Å². The van der Waals surface area contributed by atoms with Crippen molar-refractivity contribution in [2.24, 2.45) is 5.92 Å². The van der Waals surface area contributed by atoms with Crippen molar-refractivity contribution in [2.75, 3.05) is 26.3 Å². The second kappa shape index (κ2) is 7.51. The van der Waals surface area contributed by atoms with E-state index < -0.39 is 0 Å². The molecule has 1 aliphatic rings. The molecule has 2 rings (SSSR count). The molecule has 1 atom stereocenters. The monoisotopic (exact) mass is 263 g/mol. The molecule has 0 spiro atoms. The van der Waals surface area contributed by atoms with Crippen LogP contribution in [0.25, 0.3) is 0 Å². The smallest absolute Gasteiger partial charge is 0.119 e. The molecule has 3 heteroatoms. The number of ether oxygens (including phenoxy) is 1. The van der Waals surface area contributed by atoms with Crippen molar-refractivity contribution in [3.05, 3.63) is 29.8 Å². The minimum Gasteiger partial charge on any atom is -0.494 e. The highest BCUT2D eigenvalue weighted by Gasteiger charge is 2.19. The van der Waals surface area contributed by atoms with E-state index in [0.29, 0.717) is 12.5 Å². The first-order valence-corrected chi connectivity index (χ1v) is 7.36. The molecule has 0 amide bonds. The number of aliphatic hydroxyl groups excluding tert-OH is 1. The van der Waals surface area contributed by atoms with Crippen molar-refractivity contribution in [1.82, 2.24) is 4.90 Å². The van der Waals surface area contributed by atoms with Gasteiger partial charge in [0.15, 0.2) is 0 Å². The molecular weight excluding hydrogens is 238 g/mol. The van der Waals surface area contributed by atoms with Crippen molar-refractivity contribution in [3.8, 4) is 5.75 Å². The van der Waals surface area contributed by atoms with Crippen LogP contribution in [0.15, 0.2) is 24.3 Å². The molecule has 1 aromatic carbocycles. The van der Waals surface area contributed by atoms with E-state index in [1.54, 1.807) is 0 Å². The molecule has 1 aromatic rings. The number of nitrogens with zero attached hydrogens (tertiary/aromatic N) is 1. The highest BCUT2D eigenvalue weighted by Crippen LogP contribution is 2.20. The molecule has 0 aliphatic carbocycles. The van der Waals surface area contributed by atoms with Gasteiger partial charge in [0, 0.05) is 19.7 Å². The first-order valence-electron chi connectivity index (χ1n) is 7.36. The number of hydrogen-bond acceptors (Lipinski definition) is 3. The molecule has 1 heterocycles. The summed E-state index contributed by atoms with van der Waals surface area (Å²) in [4.78, 5) is 2.43. The molecule has 106 valence electrons. The predicted octanol–water partition coefficient (Wildman–Crippen LogP) is 2.68. The predicted molar refractivity (Wildman–Crippen MR) is 77.3 cm³/mol. The number of likely N-dealkylation sites (tertiary alicyclic amines) is 1. The third-order valence-electron chi connectivity index (χ3n) is 3.64. The van der Waals surface area contributed by atoms with Crippen molar-refractivity contribution >= 4 is 0 Å². The molecule has 1 unspecified atom stereocenters. The maximum Gasteiger partial charge on any atom is 0.119 e. The summed E-state index contributed by atoms with van der Waals surface area (Å²) in [6.07, 6.45) is 3.39. The van der Waals surface area contributed by atoms with Gasteiger partial charge in [0.1, 0.15) is 5.75 Å². The summed E-state index contributed by atoms with van der Waals surface area (Å²) >= 11 is 0. The quantitative estimate of drug-likeness (QED) is 0.856. The average Bonchev–Trinajstić information content (AvgIpc) is 2.46. The number of benzene rings is 1. The summed E-state index contributed by atoms with van der Waals surface area (Å²) in [5.41, 5.74) is 1.30. The Kier molecular flexibility index (Phi) is 5.67. The van der Waals surface area contributed by atoms with E-state index in [2.05, 4.69) is 30.0 Å². The average molecular weight is 263 g/mol. The van der Waals surface area contributed by atoms with Gasteiger partial charge in [0.2, 0.25) is 0 Å². The maximum atomic E-state index is 9.27. The zero-order valence-corrected chi connectivity index (χ0v) is 11.8. The molecule has 0 saturated carbocycles. The fourth-order valence-corrected chi connectivity index (χ4v) is 2.66. The molecule has 3 nitrogen and oxygen atoms in total. The van der Waals surface area contributed by atoms with Gasteiger partial charge in [-0.3, -0.25) is 4.90 Å². The lowest BCUT2D eigenvalue weighted by Gasteiger charge is -2.31. The molecule has 0 radical (unpaired) electrons. The van der Waals surface area contributed by atoms with Crippen LogP contribution in [0.2, 0.25) is 0 Å². The van der Waals surface area contributed by atoms with E-state index in [0.717, 1.165) is 44.8 Å². The Labute approximate surface area is 116 Å². The van der Waals surface area contributed by atoms with Crippen molar-refractivity contribution in [1.29, 1.82) is 0 Å². The fraction of sp³-hybridized carbons (Fsp3) is 0.625. The molecule has 19 heavy (non-hydrogen) atoms. The lowest BCUT2D eigenvalue weighted by atomic mass is 9.98. The molecule has 0 aromatic heterocycles.